The van der Waals surface area contributed by atoms with Crippen LogP contribution in [0.2, 0.25) is 0 Å². The number of imidazole rings is 1. The maximum Gasteiger partial charge on any atom is 0.352 e. The zero-order chi connectivity index (χ0) is 14.3. The number of nitrogens with one attached hydrogen (secondary N) is 1. The molecule has 20 heavy (non-hydrogen) atoms. The predicted molar refractivity (Wildman–Crippen MR) is 67.3 cm³/mol. The molecule has 1 fully saturated rings. The van der Waals surface area contributed by atoms with Crippen LogP contribution >= 0.6 is 0 Å². The van der Waals surface area contributed by atoms with E-state index in [1.165, 1.54) is 16.8 Å². The fourth-order valence-electron chi connectivity index (χ4n) is 2.44. The molecule has 0 aliphatic carbocycles. The standard InChI is InChI=1S/C13H11N3O4/c17-10-5-4-7(12(18)15-10)11-8-2-1-3-9(13(19)20)16(8)6-14-11/h1-3,6-7H,4-5H2,(H,19,20)(H,15,17,18). The van der Waals surface area contributed by atoms with Gasteiger partial charge in [0.15, 0.2) is 0 Å². The van der Waals surface area contributed by atoms with Gasteiger partial charge >= 0.3 is 5.97 Å². The Morgan fingerprint density at radius 1 is 1.40 bits per heavy atom. The van der Waals surface area contributed by atoms with Crippen molar-refractivity contribution in [2.24, 2.45) is 0 Å². The first-order chi connectivity index (χ1) is 9.58. The van der Waals surface area contributed by atoms with E-state index in [1.807, 2.05) is 0 Å². The third kappa shape index (κ3) is 1.83. The van der Waals surface area contributed by atoms with E-state index >= 15 is 0 Å². The second-order valence-electron chi connectivity index (χ2n) is 4.60. The lowest BCUT2D eigenvalue weighted by Crippen LogP contribution is -2.39. The molecule has 0 saturated carbocycles. The number of fused-ring (bicyclic) bond motifs is 1. The van der Waals surface area contributed by atoms with Crippen molar-refractivity contribution in [3.05, 3.63) is 35.9 Å². The van der Waals surface area contributed by atoms with E-state index in [9.17, 15) is 14.4 Å². The second-order valence-corrected chi connectivity index (χ2v) is 4.60. The van der Waals surface area contributed by atoms with Gasteiger partial charge in [0.2, 0.25) is 11.8 Å². The SMILES string of the molecule is O=C1CCC(c2ncn3c(C(=O)O)cccc23)C(=O)N1. The molecular formula is C13H11N3O4. The van der Waals surface area contributed by atoms with Crippen LogP contribution in [0, 0.1) is 0 Å². The Labute approximate surface area is 113 Å². The van der Waals surface area contributed by atoms with Gasteiger partial charge in [-0.25, -0.2) is 9.78 Å². The Morgan fingerprint density at radius 3 is 2.90 bits per heavy atom. The molecule has 2 N–H and O–H groups in total. The highest BCUT2D eigenvalue weighted by molar-refractivity contribution is 6.01. The molecule has 2 aromatic heterocycles. The number of pyridine rings is 1. The van der Waals surface area contributed by atoms with Crippen molar-refractivity contribution in [1.82, 2.24) is 14.7 Å². The van der Waals surface area contributed by atoms with Crippen molar-refractivity contribution < 1.29 is 19.5 Å². The second kappa shape index (κ2) is 4.44. The number of carbonyl (C=O) groups excluding carboxylic acids is 2. The highest BCUT2D eigenvalue weighted by Gasteiger charge is 2.31. The maximum atomic E-state index is 11.9. The molecule has 2 aromatic rings. The monoisotopic (exact) mass is 273 g/mol. The maximum absolute atomic E-state index is 11.9. The summed E-state index contributed by atoms with van der Waals surface area (Å²) in [6, 6.07) is 4.78. The third-order valence-corrected chi connectivity index (χ3v) is 3.39. The first kappa shape index (κ1) is 12.3. The summed E-state index contributed by atoms with van der Waals surface area (Å²) in [7, 11) is 0. The number of amides is 2. The lowest BCUT2D eigenvalue weighted by molar-refractivity contribution is -0.134. The van der Waals surface area contributed by atoms with Crippen molar-refractivity contribution in [3.63, 3.8) is 0 Å². The van der Waals surface area contributed by atoms with Gasteiger partial charge in [-0.05, 0) is 18.6 Å². The van der Waals surface area contributed by atoms with Crippen molar-refractivity contribution in [3.8, 4) is 0 Å². The Hall–Kier alpha value is -2.70. The number of aromatic nitrogens is 2. The largest absolute Gasteiger partial charge is 0.477 e. The van der Waals surface area contributed by atoms with Gasteiger partial charge in [-0.2, -0.15) is 0 Å². The van der Waals surface area contributed by atoms with E-state index in [-0.39, 0.29) is 23.9 Å². The number of carboxylic acid groups (broad SMARTS) is 1. The molecule has 2 amide bonds. The van der Waals surface area contributed by atoms with Crippen LogP contribution in [0.1, 0.15) is 34.9 Å². The van der Waals surface area contributed by atoms with Crippen LogP contribution in [0.4, 0.5) is 0 Å². The Bertz CT molecular complexity index is 734. The number of imide groups is 1. The summed E-state index contributed by atoms with van der Waals surface area (Å²) in [5, 5.41) is 11.4. The highest BCUT2D eigenvalue weighted by Crippen LogP contribution is 2.27. The summed E-state index contributed by atoms with van der Waals surface area (Å²) in [5.41, 5.74) is 1.14. The van der Waals surface area contributed by atoms with Crippen molar-refractivity contribution >= 4 is 23.3 Å². The van der Waals surface area contributed by atoms with Gasteiger partial charge in [-0.15, -0.1) is 0 Å². The molecule has 1 saturated heterocycles. The fourth-order valence-corrected chi connectivity index (χ4v) is 2.44. The number of hydrogen-bond acceptors (Lipinski definition) is 4. The molecule has 3 heterocycles. The van der Waals surface area contributed by atoms with Gasteiger partial charge in [-0.3, -0.25) is 19.3 Å². The lowest BCUT2D eigenvalue weighted by atomic mass is 9.94. The molecule has 0 bridgehead atoms. The van der Waals surface area contributed by atoms with Crippen LogP contribution < -0.4 is 5.32 Å². The van der Waals surface area contributed by atoms with E-state index in [0.29, 0.717) is 17.6 Å². The number of carboxylic acids is 1. The summed E-state index contributed by atoms with van der Waals surface area (Å²) in [4.78, 5) is 38.3. The van der Waals surface area contributed by atoms with E-state index in [2.05, 4.69) is 10.3 Å². The number of hydrogen-bond donors (Lipinski definition) is 2. The Balaban J connectivity index is 2.09. The minimum absolute atomic E-state index is 0.0774. The molecule has 1 unspecified atom stereocenters. The van der Waals surface area contributed by atoms with Crippen molar-refractivity contribution in [2.45, 2.75) is 18.8 Å². The molecule has 3 rings (SSSR count). The van der Waals surface area contributed by atoms with Crippen LogP contribution in [0.15, 0.2) is 24.5 Å². The summed E-state index contributed by atoms with van der Waals surface area (Å²) in [6.45, 7) is 0. The summed E-state index contributed by atoms with van der Waals surface area (Å²) in [5.74, 6) is -2.27. The van der Waals surface area contributed by atoms with Crippen LogP contribution in [-0.2, 0) is 9.59 Å². The average molecular weight is 273 g/mol. The molecule has 7 heteroatoms. The van der Waals surface area contributed by atoms with Gasteiger partial charge in [0.1, 0.15) is 12.0 Å². The zero-order valence-electron chi connectivity index (χ0n) is 10.4. The van der Waals surface area contributed by atoms with Crippen LogP contribution in [0.5, 0.6) is 0 Å². The molecule has 0 spiro atoms. The van der Waals surface area contributed by atoms with Crippen LogP contribution in [0.25, 0.3) is 5.52 Å². The molecule has 1 aliphatic rings. The van der Waals surface area contributed by atoms with Crippen molar-refractivity contribution in [1.29, 1.82) is 0 Å². The Kier molecular flexibility index (Phi) is 2.74. The van der Waals surface area contributed by atoms with Gasteiger partial charge in [0.05, 0.1) is 17.1 Å². The highest BCUT2D eigenvalue weighted by atomic mass is 16.4. The number of rotatable bonds is 2. The average Bonchev–Trinajstić information content (AvgIpc) is 2.82. The number of piperidine rings is 1. The molecule has 0 aromatic carbocycles. The molecule has 1 atom stereocenters. The van der Waals surface area contributed by atoms with E-state index in [0.717, 1.165) is 0 Å². The molecule has 7 nitrogen and oxygen atoms in total. The van der Waals surface area contributed by atoms with Crippen molar-refractivity contribution in [2.75, 3.05) is 0 Å². The predicted octanol–water partition coefficient (Wildman–Crippen LogP) is 0.553. The molecular weight excluding hydrogens is 262 g/mol. The first-order valence-electron chi connectivity index (χ1n) is 6.11. The summed E-state index contributed by atoms with van der Waals surface area (Å²) >= 11 is 0. The number of aromatic carboxylic acids is 1. The number of nitrogens with zero attached hydrogens (tertiary/aromatic N) is 2. The van der Waals surface area contributed by atoms with Crippen LogP contribution in [-0.4, -0.2) is 32.3 Å². The zero-order valence-corrected chi connectivity index (χ0v) is 10.4. The summed E-state index contributed by atoms with van der Waals surface area (Å²) < 4.78 is 1.43. The quantitative estimate of drug-likeness (QED) is 0.778. The molecule has 0 radical (unpaired) electrons. The van der Waals surface area contributed by atoms with Gasteiger partial charge in [-0.1, -0.05) is 6.07 Å². The van der Waals surface area contributed by atoms with Crippen LogP contribution in [0.3, 0.4) is 0 Å². The smallest absolute Gasteiger partial charge is 0.352 e. The normalized spacial score (nSPS) is 19.1. The number of carbonyl (C=O) groups is 3. The van der Waals surface area contributed by atoms with Gasteiger partial charge < -0.3 is 5.11 Å². The minimum Gasteiger partial charge on any atom is -0.477 e. The van der Waals surface area contributed by atoms with E-state index < -0.39 is 11.9 Å². The van der Waals surface area contributed by atoms with Gasteiger partial charge in [0.25, 0.3) is 0 Å². The van der Waals surface area contributed by atoms with E-state index in [4.69, 9.17) is 5.11 Å². The lowest BCUT2D eigenvalue weighted by Gasteiger charge is -2.19. The molecule has 1 aliphatic heterocycles. The summed E-state index contributed by atoms with van der Waals surface area (Å²) in [6.07, 6.45) is 2.03. The molecule has 102 valence electrons. The van der Waals surface area contributed by atoms with E-state index in [1.54, 1.807) is 12.1 Å². The Morgan fingerprint density at radius 2 is 2.20 bits per heavy atom. The minimum atomic E-state index is -1.07. The fraction of sp³-hybridized carbons (Fsp3) is 0.231. The van der Waals surface area contributed by atoms with Gasteiger partial charge in [0, 0.05) is 6.42 Å². The third-order valence-electron chi connectivity index (χ3n) is 3.39. The first-order valence-corrected chi connectivity index (χ1v) is 6.11. The topological polar surface area (TPSA) is 101 Å².